The summed E-state index contributed by atoms with van der Waals surface area (Å²) in [5.74, 6) is 0.631. The highest BCUT2D eigenvalue weighted by Crippen LogP contribution is 2.42. The molecule has 21 heavy (non-hydrogen) atoms. The van der Waals surface area contributed by atoms with Crippen LogP contribution in [0.25, 0.3) is 0 Å². The molecule has 2 rings (SSSR count). The Kier molecular flexibility index (Phi) is 6.06. The summed E-state index contributed by atoms with van der Waals surface area (Å²) in [6.07, 6.45) is 6.26. The third-order valence-corrected chi connectivity index (χ3v) is 5.60. The Morgan fingerprint density at radius 2 is 2.00 bits per heavy atom. The van der Waals surface area contributed by atoms with E-state index in [9.17, 15) is 5.11 Å². The first-order chi connectivity index (χ1) is 9.95. The number of ether oxygens (including phenoxy) is 2. The van der Waals surface area contributed by atoms with Crippen LogP contribution in [0.3, 0.4) is 0 Å². The van der Waals surface area contributed by atoms with E-state index < -0.39 is 6.10 Å². The van der Waals surface area contributed by atoms with Gasteiger partial charge >= 0.3 is 0 Å². The summed E-state index contributed by atoms with van der Waals surface area (Å²) in [6.45, 7) is 7.74. The highest BCUT2D eigenvalue weighted by molar-refractivity contribution is 5.02. The Bertz CT molecular complexity index is 321. The largest absolute Gasteiger partial charge is 0.389 e. The van der Waals surface area contributed by atoms with Crippen molar-refractivity contribution in [3.63, 3.8) is 0 Å². The van der Waals surface area contributed by atoms with E-state index in [1.54, 1.807) is 7.11 Å². The van der Waals surface area contributed by atoms with Gasteiger partial charge in [0.1, 0.15) is 0 Å². The van der Waals surface area contributed by atoms with Gasteiger partial charge in [0.15, 0.2) is 0 Å². The lowest BCUT2D eigenvalue weighted by Crippen LogP contribution is -2.61. The van der Waals surface area contributed by atoms with E-state index in [1.807, 2.05) is 0 Å². The Morgan fingerprint density at radius 1 is 1.29 bits per heavy atom. The molecular weight excluding hydrogens is 266 g/mol. The van der Waals surface area contributed by atoms with Gasteiger partial charge in [0.25, 0.3) is 0 Å². The molecule has 0 bridgehead atoms. The summed E-state index contributed by atoms with van der Waals surface area (Å²) in [6, 6.07) is 0.422. The number of nitrogens with one attached hydrogen (secondary N) is 1. The lowest BCUT2D eigenvalue weighted by Gasteiger charge is -2.51. The van der Waals surface area contributed by atoms with Crippen molar-refractivity contribution in [3.8, 4) is 0 Å². The van der Waals surface area contributed by atoms with Gasteiger partial charge in [-0.2, -0.15) is 0 Å². The summed E-state index contributed by atoms with van der Waals surface area (Å²) in [5.41, 5.74) is 0.146. The van der Waals surface area contributed by atoms with Crippen LogP contribution in [0.2, 0.25) is 0 Å². The zero-order chi connectivity index (χ0) is 15.5. The van der Waals surface area contributed by atoms with Crippen LogP contribution in [-0.2, 0) is 9.47 Å². The second kappa shape index (κ2) is 7.40. The molecule has 0 aromatic carbocycles. The van der Waals surface area contributed by atoms with Gasteiger partial charge in [-0.3, -0.25) is 0 Å². The molecule has 0 saturated heterocycles. The first kappa shape index (κ1) is 17.2. The fourth-order valence-corrected chi connectivity index (χ4v) is 3.73. The van der Waals surface area contributed by atoms with Crippen molar-refractivity contribution < 1.29 is 14.6 Å². The van der Waals surface area contributed by atoms with Crippen molar-refractivity contribution >= 4 is 0 Å². The normalized spacial score (nSPS) is 37.0. The van der Waals surface area contributed by atoms with Crippen LogP contribution in [0.1, 0.15) is 52.9 Å². The van der Waals surface area contributed by atoms with E-state index in [-0.39, 0.29) is 5.41 Å². The van der Waals surface area contributed by atoms with Crippen LogP contribution in [0, 0.1) is 11.3 Å². The molecule has 0 heterocycles. The summed E-state index contributed by atoms with van der Waals surface area (Å²) in [7, 11) is 1.77. The van der Waals surface area contributed by atoms with Crippen LogP contribution < -0.4 is 5.32 Å². The Balaban J connectivity index is 1.63. The number of hydrogen-bond donors (Lipinski definition) is 2. The zero-order valence-electron chi connectivity index (χ0n) is 14.1. The van der Waals surface area contributed by atoms with Crippen LogP contribution >= 0.6 is 0 Å². The maximum Gasteiger partial charge on any atom is 0.0897 e. The summed E-state index contributed by atoms with van der Waals surface area (Å²) in [4.78, 5) is 0. The predicted molar refractivity (Wildman–Crippen MR) is 84.4 cm³/mol. The third kappa shape index (κ3) is 4.19. The van der Waals surface area contributed by atoms with Gasteiger partial charge in [0, 0.05) is 25.1 Å². The average Bonchev–Trinajstić information content (AvgIpc) is 2.45. The van der Waals surface area contributed by atoms with Crippen molar-refractivity contribution in [1.29, 1.82) is 0 Å². The van der Waals surface area contributed by atoms with E-state index in [4.69, 9.17) is 9.47 Å². The minimum atomic E-state index is -0.420. The predicted octanol–water partition coefficient (Wildman–Crippen LogP) is 2.35. The molecule has 0 aromatic heterocycles. The third-order valence-electron chi connectivity index (χ3n) is 5.60. The lowest BCUT2D eigenvalue weighted by molar-refractivity contribution is -0.102. The Labute approximate surface area is 129 Å². The molecule has 5 unspecified atom stereocenters. The van der Waals surface area contributed by atoms with E-state index in [1.165, 1.54) is 19.3 Å². The molecule has 0 amide bonds. The Hall–Kier alpha value is -0.160. The maximum absolute atomic E-state index is 10.1. The summed E-state index contributed by atoms with van der Waals surface area (Å²) >= 11 is 0. The van der Waals surface area contributed by atoms with E-state index in [0.717, 1.165) is 12.8 Å². The highest BCUT2D eigenvalue weighted by Gasteiger charge is 2.48. The van der Waals surface area contributed by atoms with Crippen molar-refractivity contribution in [1.82, 2.24) is 5.32 Å². The Morgan fingerprint density at radius 3 is 2.62 bits per heavy atom. The summed E-state index contributed by atoms with van der Waals surface area (Å²) in [5, 5.41) is 13.6. The van der Waals surface area contributed by atoms with Crippen molar-refractivity contribution in [2.24, 2.45) is 11.3 Å². The molecule has 0 aromatic rings. The standard InChI is InChI=1S/C17H33NO3/c1-12-7-5-6-8-14(12)21-11-13(19)10-18-15-9-16(20-4)17(15,2)3/h12-16,18-19H,5-11H2,1-4H3. The minimum Gasteiger partial charge on any atom is -0.389 e. The molecule has 0 spiro atoms. The van der Waals surface area contributed by atoms with Gasteiger partial charge in [0.05, 0.1) is 24.9 Å². The number of hydrogen-bond acceptors (Lipinski definition) is 4. The maximum atomic E-state index is 10.1. The van der Waals surface area contributed by atoms with Crippen LogP contribution in [0.5, 0.6) is 0 Å². The molecule has 124 valence electrons. The molecule has 0 aliphatic heterocycles. The van der Waals surface area contributed by atoms with Crippen LogP contribution in [0.15, 0.2) is 0 Å². The molecule has 4 heteroatoms. The van der Waals surface area contributed by atoms with Gasteiger partial charge < -0.3 is 19.9 Å². The second-order valence-electron chi connectivity index (χ2n) is 7.53. The molecule has 2 aliphatic rings. The van der Waals surface area contributed by atoms with E-state index >= 15 is 0 Å². The minimum absolute atomic E-state index is 0.146. The van der Waals surface area contributed by atoms with Crippen molar-refractivity contribution in [2.45, 2.75) is 77.2 Å². The molecule has 2 saturated carbocycles. The van der Waals surface area contributed by atoms with Gasteiger partial charge in [-0.25, -0.2) is 0 Å². The molecule has 2 aliphatic carbocycles. The monoisotopic (exact) mass is 299 g/mol. The smallest absolute Gasteiger partial charge is 0.0897 e. The van der Waals surface area contributed by atoms with Crippen molar-refractivity contribution in [2.75, 3.05) is 20.3 Å². The number of aliphatic hydroxyl groups is 1. The van der Waals surface area contributed by atoms with E-state index in [0.29, 0.717) is 37.3 Å². The van der Waals surface area contributed by atoms with Gasteiger partial charge in [-0.15, -0.1) is 0 Å². The number of rotatable bonds is 7. The average molecular weight is 299 g/mol. The molecule has 0 radical (unpaired) electrons. The van der Waals surface area contributed by atoms with Gasteiger partial charge in [0.2, 0.25) is 0 Å². The molecule has 5 atom stereocenters. The van der Waals surface area contributed by atoms with Crippen molar-refractivity contribution in [3.05, 3.63) is 0 Å². The lowest BCUT2D eigenvalue weighted by atomic mass is 9.64. The second-order valence-corrected chi connectivity index (χ2v) is 7.53. The molecule has 2 N–H and O–H groups in total. The first-order valence-corrected chi connectivity index (χ1v) is 8.51. The number of aliphatic hydroxyl groups excluding tert-OH is 1. The van der Waals surface area contributed by atoms with Crippen LogP contribution in [-0.4, -0.2) is 49.7 Å². The highest BCUT2D eigenvalue weighted by atomic mass is 16.5. The summed E-state index contributed by atoms with van der Waals surface area (Å²) < 4.78 is 11.4. The fraction of sp³-hybridized carbons (Fsp3) is 1.00. The fourth-order valence-electron chi connectivity index (χ4n) is 3.73. The van der Waals surface area contributed by atoms with Gasteiger partial charge in [-0.05, 0) is 25.2 Å². The topological polar surface area (TPSA) is 50.7 Å². The molecular formula is C17H33NO3. The zero-order valence-corrected chi connectivity index (χ0v) is 14.1. The van der Waals surface area contributed by atoms with Gasteiger partial charge in [-0.1, -0.05) is 33.6 Å². The quantitative estimate of drug-likeness (QED) is 0.757. The number of methoxy groups -OCH3 is 1. The first-order valence-electron chi connectivity index (χ1n) is 8.51. The molecule has 2 fully saturated rings. The van der Waals surface area contributed by atoms with E-state index in [2.05, 4.69) is 26.1 Å². The SMILES string of the molecule is COC1CC(NCC(O)COC2CCCCC2C)C1(C)C. The molecule has 4 nitrogen and oxygen atoms in total. The van der Waals surface area contributed by atoms with Crippen LogP contribution in [0.4, 0.5) is 0 Å².